The van der Waals surface area contributed by atoms with E-state index in [0.29, 0.717) is 0 Å². The van der Waals surface area contributed by atoms with Gasteiger partial charge in [-0.1, -0.05) is 25.7 Å². The SMILES string of the molecule is CN(C)[C@@H]1CCC[C@@H]2CCC[C@@H]21. The summed E-state index contributed by atoms with van der Waals surface area (Å²) in [7, 11) is 4.51. The topological polar surface area (TPSA) is 3.24 Å². The quantitative estimate of drug-likeness (QED) is 0.580. The molecule has 0 bridgehead atoms. The van der Waals surface area contributed by atoms with Crippen LogP contribution in [0, 0.1) is 11.8 Å². The zero-order valence-corrected chi connectivity index (χ0v) is 8.42. The number of hydrogen-bond acceptors (Lipinski definition) is 1. The van der Waals surface area contributed by atoms with E-state index in [1.807, 2.05) is 0 Å². The van der Waals surface area contributed by atoms with Crippen LogP contribution < -0.4 is 0 Å². The molecule has 0 aromatic heterocycles. The molecule has 0 aromatic rings. The van der Waals surface area contributed by atoms with Crippen LogP contribution in [-0.4, -0.2) is 25.0 Å². The minimum absolute atomic E-state index is 0.909. The fourth-order valence-corrected chi connectivity index (χ4v) is 3.37. The Labute approximate surface area is 76.1 Å². The monoisotopic (exact) mass is 167 g/mol. The summed E-state index contributed by atoms with van der Waals surface area (Å²) in [6, 6.07) is 0.909. The van der Waals surface area contributed by atoms with Gasteiger partial charge in [0.1, 0.15) is 0 Å². The minimum atomic E-state index is 0.909. The Morgan fingerprint density at radius 1 is 0.917 bits per heavy atom. The van der Waals surface area contributed by atoms with Gasteiger partial charge in [-0.15, -0.1) is 0 Å². The summed E-state index contributed by atoms with van der Waals surface area (Å²) in [5.74, 6) is 2.14. The fourth-order valence-electron chi connectivity index (χ4n) is 3.37. The summed E-state index contributed by atoms with van der Waals surface area (Å²) in [6.45, 7) is 0. The van der Waals surface area contributed by atoms with Crippen molar-refractivity contribution >= 4 is 0 Å². The van der Waals surface area contributed by atoms with E-state index in [2.05, 4.69) is 19.0 Å². The van der Waals surface area contributed by atoms with Crippen molar-refractivity contribution in [2.75, 3.05) is 14.1 Å². The summed E-state index contributed by atoms with van der Waals surface area (Å²) in [4.78, 5) is 2.46. The van der Waals surface area contributed by atoms with Gasteiger partial charge in [0.25, 0.3) is 0 Å². The van der Waals surface area contributed by atoms with Gasteiger partial charge in [-0.05, 0) is 38.8 Å². The third kappa shape index (κ3) is 1.39. The van der Waals surface area contributed by atoms with Crippen LogP contribution in [0.2, 0.25) is 0 Å². The van der Waals surface area contributed by atoms with E-state index in [9.17, 15) is 0 Å². The van der Waals surface area contributed by atoms with Crippen molar-refractivity contribution in [2.45, 2.75) is 44.6 Å². The molecule has 70 valence electrons. The molecule has 0 aromatic carbocycles. The third-order valence-electron chi connectivity index (χ3n) is 3.95. The van der Waals surface area contributed by atoms with E-state index in [-0.39, 0.29) is 0 Å². The van der Waals surface area contributed by atoms with Crippen LogP contribution in [0.1, 0.15) is 38.5 Å². The van der Waals surface area contributed by atoms with Crippen LogP contribution in [-0.2, 0) is 0 Å². The van der Waals surface area contributed by atoms with E-state index < -0.39 is 0 Å². The molecule has 0 saturated heterocycles. The molecule has 0 amide bonds. The molecule has 3 atom stereocenters. The lowest BCUT2D eigenvalue weighted by molar-refractivity contribution is 0.123. The average molecular weight is 167 g/mol. The molecule has 2 aliphatic carbocycles. The van der Waals surface area contributed by atoms with Crippen molar-refractivity contribution in [2.24, 2.45) is 11.8 Å². The molecule has 0 N–H and O–H groups in total. The lowest BCUT2D eigenvalue weighted by atomic mass is 9.77. The molecule has 0 radical (unpaired) electrons. The van der Waals surface area contributed by atoms with E-state index in [1.165, 1.54) is 38.5 Å². The second-order valence-corrected chi connectivity index (χ2v) is 4.82. The highest BCUT2D eigenvalue weighted by Gasteiger charge is 2.37. The van der Waals surface area contributed by atoms with Crippen molar-refractivity contribution < 1.29 is 0 Å². The van der Waals surface area contributed by atoms with Crippen LogP contribution in [0.4, 0.5) is 0 Å². The Morgan fingerprint density at radius 2 is 1.58 bits per heavy atom. The molecule has 0 aliphatic heterocycles. The molecular weight excluding hydrogens is 146 g/mol. The van der Waals surface area contributed by atoms with Gasteiger partial charge in [0.15, 0.2) is 0 Å². The van der Waals surface area contributed by atoms with Crippen LogP contribution in [0.5, 0.6) is 0 Å². The van der Waals surface area contributed by atoms with Crippen molar-refractivity contribution in [1.29, 1.82) is 0 Å². The third-order valence-corrected chi connectivity index (χ3v) is 3.95. The fraction of sp³-hybridized carbons (Fsp3) is 1.00. The molecule has 2 rings (SSSR count). The smallest absolute Gasteiger partial charge is 0.0120 e. The van der Waals surface area contributed by atoms with Gasteiger partial charge >= 0.3 is 0 Å². The molecule has 1 nitrogen and oxygen atoms in total. The van der Waals surface area contributed by atoms with Gasteiger partial charge in [0.05, 0.1) is 0 Å². The maximum Gasteiger partial charge on any atom is 0.0120 e. The number of hydrogen-bond donors (Lipinski definition) is 0. The molecule has 1 heteroatoms. The first kappa shape index (κ1) is 8.55. The van der Waals surface area contributed by atoms with Crippen molar-refractivity contribution in [3.63, 3.8) is 0 Å². The molecule has 0 heterocycles. The average Bonchev–Trinajstić information content (AvgIpc) is 2.49. The Hall–Kier alpha value is -0.0400. The Kier molecular flexibility index (Phi) is 2.40. The van der Waals surface area contributed by atoms with E-state index >= 15 is 0 Å². The van der Waals surface area contributed by atoms with Crippen molar-refractivity contribution in [1.82, 2.24) is 4.90 Å². The lowest BCUT2D eigenvalue weighted by Gasteiger charge is -2.38. The molecule has 2 saturated carbocycles. The first-order chi connectivity index (χ1) is 5.79. The second kappa shape index (κ2) is 3.37. The summed E-state index contributed by atoms with van der Waals surface area (Å²) in [6.07, 6.45) is 8.98. The zero-order chi connectivity index (χ0) is 8.55. The Bertz CT molecular complexity index is 153. The normalized spacial score (nSPS) is 41.8. The number of rotatable bonds is 1. The Balaban J connectivity index is 2.03. The highest BCUT2D eigenvalue weighted by Crippen LogP contribution is 2.43. The van der Waals surface area contributed by atoms with Gasteiger partial charge in [-0.2, -0.15) is 0 Å². The number of nitrogens with zero attached hydrogens (tertiary/aromatic N) is 1. The summed E-state index contributed by atoms with van der Waals surface area (Å²) < 4.78 is 0. The van der Waals surface area contributed by atoms with Gasteiger partial charge < -0.3 is 4.90 Å². The lowest BCUT2D eigenvalue weighted by Crippen LogP contribution is -2.39. The summed E-state index contributed by atoms with van der Waals surface area (Å²) >= 11 is 0. The summed E-state index contributed by atoms with van der Waals surface area (Å²) in [5, 5.41) is 0. The highest BCUT2D eigenvalue weighted by atomic mass is 15.1. The Morgan fingerprint density at radius 3 is 2.25 bits per heavy atom. The van der Waals surface area contributed by atoms with E-state index in [4.69, 9.17) is 0 Å². The van der Waals surface area contributed by atoms with Crippen molar-refractivity contribution in [3.8, 4) is 0 Å². The second-order valence-electron chi connectivity index (χ2n) is 4.82. The van der Waals surface area contributed by atoms with Gasteiger partial charge in [-0.25, -0.2) is 0 Å². The van der Waals surface area contributed by atoms with E-state index in [0.717, 1.165) is 17.9 Å². The maximum atomic E-state index is 2.46. The van der Waals surface area contributed by atoms with Crippen LogP contribution in [0.25, 0.3) is 0 Å². The summed E-state index contributed by atoms with van der Waals surface area (Å²) in [5.41, 5.74) is 0. The first-order valence-corrected chi connectivity index (χ1v) is 5.45. The largest absolute Gasteiger partial charge is 0.306 e. The predicted octanol–water partition coefficient (Wildman–Crippen LogP) is 2.52. The van der Waals surface area contributed by atoms with Gasteiger partial charge in [-0.3, -0.25) is 0 Å². The first-order valence-electron chi connectivity index (χ1n) is 5.45. The molecule has 2 fully saturated rings. The van der Waals surface area contributed by atoms with Crippen molar-refractivity contribution in [3.05, 3.63) is 0 Å². The number of fused-ring (bicyclic) bond motifs is 1. The predicted molar refractivity (Wildman–Crippen MR) is 52.2 cm³/mol. The minimum Gasteiger partial charge on any atom is -0.306 e. The standard InChI is InChI=1S/C11H21N/c1-12(2)11-8-4-6-9-5-3-7-10(9)11/h9-11H,3-8H2,1-2H3/t9-,10-,11+/m0/s1. The zero-order valence-electron chi connectivity index (χ0n) is 8.42. The van der Waals surface area contributed by atoms with Crippen LogP contribution in [0.15, 0.2) is 0 Å². The van der Waals surface area contributed by atoms with E-state index in [1.54, 1.807) is 0 Å². The molecule has 2 aliphatic rings. The van der Waals surface area contributed by atoms with Gasteiger partial charge in [0.2, 0.25) is 0 Å². The van der Waals surface area contributed by atoms with Crippen LogP contribution in [0.3, 0.4) is 0 Å². The van der Waals surface area contributed by atoms with Crippen LogP contribution >= 0.6 is 0 Å². The molecule has 12 heavy (non-hydrogen) atoms. The maximum absolute atomic E-state index is 2.46. The molecule has 0 spiro atoms. The molecule has 0 unspecified atom stereocenters. The highest BCUT2D eigenvalue weighted by molar-refractivity contribution is 4.90. The van der Waals surface area contributed by atoms with Gasteiger partial charge in [0, 0.05) is 6.04 Å². The molecular formula is C11H21N.